The standard InChI is InChI=1S/C17H12N2O4/c20-15(13-9-18-14-7-2-1-6-12(13)14)16(21)19-11-5-3-4-10(8-11)17(22)23/h1-9,18H,(H,19,21)(H,22,23). The molecule has 2 aromatic carbocycles. The van der Waals surface area contributed by atoms with Crippen molar-refractivity contribution in [1.29, 1.82) is 0 Å². The molecule has 0 aliphatic rings. The molecule has 0 bridgehead atoms. The lowest BCUT2D eigenvalue weighted by atomic mass is 10.1. The van der Waals surface area contributed by atoms with Gasteiger partial charge in [-0.3, -0.25) is 9.59 Å². The first kappa shape index (κ1) is 14.5. The SMILES string of the molecule is O=C(Nc1cccc(C(=O)O)c1)C(=O)c1c[nH]c2ccccc12. The highest BCUT2D eigenvalue weighted by Crippen LogP contribution is 2.19. The predicted molar refractivity (Wildman–Crippen MR) is 84.7 cm³/mol. The number of carboxylic acids is 1. The molecule has 0 radical (unpaired) electrons. The molecule has 0 unspecified atom stereocenters. The van der Waals surface area contributed by atoms with Crippen molar-refractivity contribution in [2.75, 3.05) is 5.32 Å². The first-order chi connectivity index (χ1) is 11.1. The Bertz CT molecular complexity index is 927. The minimum Gasteiger partial charge on any atom is -0.478 e. The Labute approximate surface area is 130 Å². The van der Waals surface area contributed by atoms with E-state index >= 15 is 0 Å². The van der Waals surface area contributed by atoms with Gasteiger partial charge in [0.2, 0.25) is 0 Å². The van der Waals surface area contributed by atoms with Crippen molar-refractivity contribution < 1.29 is 19.5 Å². The quantitative estimate of drug-likeness (QED) is 0.509. The van der Waals surface area contributed by atoms with Gasteiger partial charge in [0.1, 0.15) is 0 Å². The van der Waals surface area contributed by atoms with Crippen molar-refractivity contribution in [2.24, 2.45) is 0 Å². The number of hydrogen-bond acceptors (Lipinski definition) is 3. The zero-order valence-electron chi connectivity index (χ0n) is 11.9. The molecule has 0 spiro atoms. The number of fused-ring (bicyclic) bond motifs is 1. The summed E-state index contributed by atoms with van der Waals surface area (Å²) < 4.78 is 0. The topological polar surface area (TPSA) is 99.3 Å². The zero-order valence-corrected chi connectivity index (χ0v) is 11.9. The number of aromatic amines is 1. The maximum Gasteiger partial charge on any atom is 0.335 e. The van der Waals surface area contributed by atoms with Crippen molar-refractivity contribution >= 4 is 34.3 Å². The van der Waals surface area contributed by atoms with Crippen molar-refractivity contribution in [1.82, 2.24) is 4.98 Å². The summed E-state index contributed by atoms with van der Waals surface area (Å²) in [5.41, 5.74) is 1.31. The summed E-state index contributed by atoms with van der Waals surface area (Å²) in [5.74, 6) is -2.62. The van der Waals surface area contributed by atoms with E-state index in [2.05, 4.69) is 10.3 Å². The van der Waals surface area contributed by atoms with Crippen LogP contribution in [0.1, 0.15) is 20.7 Å². The number of Topliss-reactive ketones (excluding diaryl/α,β-unsaturated/α-hetero) is 1. The number of hydrogen-bond donors (Lipinski definition) is 3. The number of para-hydroxylation sites is 1. The Morgan fingerprint density at radius 3 is 2.57 bits per heavy atom. The molecule has 23 heavy (non-hydrogen) atoms. The lowest BCUT2D eigenvalue weighted by Crippen LogP contribution is -2.22. The van der Waals surface area contributed by atoms with Crippen molar-refractivity contribution in [3.8, 4) is 0 Å². The third kappa shape index (κ3) is 2.82. The molecule has 0 saturated heterocycles. The summed E-state index contributed by atoms with van der Waals surface area (Å²) >= 11 is 0. The molecule has 1 heterocycles. The summed E-state index contributed by atoms with van der Waals surface area (Å²) in [5, 5.41) is 12.0. The van der Waals surface area contributed by atoms with Crippen molar-refractivity contribution in [2.45, 2.75) is 0 Å². The van der Waals surface area contributed by atoms with Crippen molar-refractivity contribution in [3.63, 3.8) is 0 Å². The average Bonchev–Trinajstić information content (AvgIpc) is 2.98. The number of aromatic nitrogens is 1. The zero-order chi connectivity index (χ0) is 16.4. The van der Waals surface area contributed by atoms with Gasteiger partial charge in [-0.05, 0) is 24.3 Å². The number of H-pyrrole nitrogens is 1. The van der Waals surface area contributed by atoms with Crippen LogP contribution in [0.5, 0.6) is 0 Å². The van der Waals surface area contributed by atoms with Gasteiger partial charge < -0.3 is 15.4 Å². The number of nitrogens with one attached hydrogen (secondary N) is 2. The van der Waals surface area contributed by atoms with Crippen LogP contribution in [0.4, 0.5) is 5.69 Å². The number of ketones is 1. The van der Waals surface area contributed by atoms with Crippen molar-refractivity contribution in [3.05, 3.63) is 65.9 Å². The van der Waals surface area contributed by atoms with E-state index in [1.807, 2.05) is 6.07 Å². The van der Waals surface area contributed by atoms with Crippen LogP contribution >= 0.6 is 0 Å². The van der Waals surface area contributed by atoms with Crippen LogP contribution in [0.25, 0.3) is 10.9 Å². The van der Waals surface area contributed by atoms with Gasteiger partial charge in [0.25, 0.3) is 11.7 Å². The summed E-state index contributed by atoms with van der Waals surface area (Å²) in [6, 6.07) is 12.9. The Morgan fingerprint density at radius 1 is 1.00 bits per heavy atom. The molecule has 1 aromatic heterocycles. The van der Waals surface area contributed by atoms with Gasteiger partial charge in [-0.2, -0.15) is 0 Å². The molecular weight excluding hydrogens is 296 g/mol. The highest BCUT2D eigenvalue weighted by Gasteiger charge is 2.20. The normalized spacial score (nSPS) is 10.4. The van der Waals surface area contributed by atoms with Gasteiger partial charge >= 0.3 is 5.97 Å². The van der Waals surface area contributed by atoms with Gasteiger partial charge in [-0.15, -0.1) is 0 Å². The third-order valence-corrected chi connectivity index (χ3v) is 3.41. The monoisotopic (exact) mass is 308 g/mol. The van der Waals surface area contributed by atoms with E-state index in [1.165, 1.54) is 30.5 Å². The van der Waals surface area contributed by atoms with Gasteiger partial charge in [-0.1, -0.05) is 24.3 Å². The minimum atomic E-state index is -1.11. The molecule has 3 aromatic rings. The van der Waals surface area contributed by atoms with E-state index in [4.69, 9.17) is 5.11 Å². The number of rotatable bonds is 4. The summed E-state index contributed by atoms with van der Waals surface area (Å²) in [6.07, 6.45) is 1.49. The van der Waals surface area contributed by atoms with E-state index in [1.54, 1.807) is 18.2 Å². The number of carbonyl (C=O) groups excluding carboxylic acids is 2. The lowest BCUT2D eigenvalue weighted by Gasteiger charge is -2.05. The number of amides is 1. The summed E-state index contributed by atoms with van der Waals surface area (Å²) in [6.45, 7) is 0. The van der Waals surface area contributed by atoms with Crippen LogP contribution in [0.2, 0.25) is 0 Å². The van der Waals surface area contributed by atoms with E-state index in [0.29, 0.717) is 5.39 Å². The van der Waals surface area contributed by atoms with E-state index in [0.717, 1.165) is 5.52 Å². The summed E-state index contributed by atoms with van der Waals surface area (Å²) in [4.78, 5) is 38.3. The molecule has 1 amide bonds. The van der Waals surface area contributed by atoms with Crippen LogP contribution in [-0.2, 0) is 4.79 Å². The fraction of sp³-hybridized carbons (Fsp3) is 0. The number of aromatic carboxylic acids is 1. The second kappa shape index (κ2) is 5.76. The Hall–Kier alpha value is -3.41. The van der Waals surface area contributed by atoms with Crippen LogP contribution in [0, 0.1) is 0 Å². The van der Waals surface area contributed by atoms with E-state index < -0.39 is 17.7 Å². The second-order valence-corrected chi connectivity index (χ2v) is 4.92. The largest absolute Gasteiger partial charge is 0.478 e. The van der Waals surface area contributed by atoms with Crippen LogP contribution in [-0.4, -0.2) is 27.8 Å². The first-order valence-electron chi connectivity index (χ1n) is 6.81. The number of carbonyl (C=O) groups is 3. The molecule has 3 N–H and O–H groups in total. The van der Waals surface area contributed by atoms with E-state index in [9.17, 15) is 14.4 Å². The summed E-state index contributed by atoms with van der Waals surface area (Å²) in [7, 11) is 0. The molecular formula is C17H12N2O4. The Kier molecular flexibility index (Phi) is 3.64. The predicted octanol–water partition coefficient (Wildman–Crippen LogP) is 2.69. The number of anilines is 1. The molecule has 3 rings (SSSR count). The van der Waals surface area contributed by atoms with Crippen LogP contribution in [0.15, 0.2) is 54.7 Å². The Balaban J connectivity index is 1.84. The average molecular weight is 308 g/mol. The molecule has 0 aliphatic carbocycles. The minimum absolute atomic E-state index is 0.0299. The molecule has 114 valence electrons. The van der Waals surface area contributed by atoms with Gasteiger partial charge in [0.05, 0.1) is 11.1 Å². The highest BCUT2D eigenvalue weighted by molar-refractivity contribution is 6.48. The van der Waals surface area contributed by atoms with E-state index in [-0.39, 0.29) is 16.8 Å². The maximum atomic E-state index is 12.3. The van der Waals surface area contributed by atoms with Crippen LogP contribution in [0.3, 0.4) is 0 Å². The molecule has 0 saturated carbocycles. The molecule has 6 heteroatoms. The molecule has 0 aliphatic heterocycles. The number of benzene rings is 2. The smallest absolute Gasteiger partial charge is 0.335 e. The highest BCUT2D eigenvalue weighted by atomic mass is 16.4. The Morgan fingerprint density at radius 2 is 1.78 bits per heavy atom. The lowest BCUT2D eigenvalue weighted by molar-refractivity contribution is -0.112. The number of carboxylic acid groups (broad SMARTS) is 1. The maximum absolute atomic E-state index is 12.3. The fourth-order valence-electron chi connectivity index (χ4n) is 2.30. The first-order valence-corrected chi connectivity index (χ1v) is 6.81. The van der Waals surface area contributed by atoms with Gasteiger partial charge in [-0.25, -0.2) is 4.79 Å². The fourth-order valence-corrected chi connectivity index (χ4v) is 2.30. The third-order valence-electron chi connectivity index (χ3n) is 3.41. The second-order valence-electron chi connectivity index (χ2n) is 4.92. The molecule has 6 nitrogen and oxygen atoms in total. The van der Waals surface area contributed by atoms with Crippen LogP contribution < -0.4 is 5.32 Å². The van der Waals surface area contributed by atoms with Gasteiger partial charge in [0.15, 0.2) is 0 Å². The van der Waals surface area contributed by atoms with Gasteiger partial charge in [0, 0.05) is 22.8 Å². The molecule has 0 fully saturated rings. The molecule has 0 atom stereocenters.